The molecule has 2 heteroatoms. The molecule has 0 aromatic rings. The number of piperidine rings is 1. The van der Waals surface area contributed by atoms with Crippen LogP contribution in [0.5, 0.6) is 0 Å². The Morgan fingerprint density at radius 3 is 2.17 bits per heavy atom. The van der Waals surface area contributed by atoms with Crippen molar-refractivity contribution in [2.24, 2.45) is 5.92 Å². The fourth-order valence-corrected chi connectivity index (χ4v) is 3.13. The molecule has 110 valence electrons. The Bertz CT molecular complexity index is 172. The first kappa shape index (κ1) is 17.9. The number of hydrogen-bond donors (Lipinski definition) is 1. The van der Waals surface area contributed by atoms with Crippen molar-refractivity contribution in [3.63, 3.8) is 0 Å². The van der Waals surface area contributed by atoms with Crippen molar-refractivity contribution in [1.29, 1.82) is 0 Å². The lowest BCUT2D eigenvalue weighted by atomic mass is 10.00. The zero-order chi connectivity index (χ0) is 12.3. The van der Waals surface area contributed by atoms with E-state index in [1.165, 1.54) is 83.8 Å². The number of halogens is 1. The van der Waals surface area contributed by atoms with E-state index in [9.17, 15) is 0 Å². The van der Waals surface area contributed by atoms with E-state index in [1.54, 1.807) is 0 Å². The van der Waals surface area contributed by atoms with Crippen LogP contribution in [0.3, 0.4) is 0 Å². The van der Waals surface area contributed by atoms with E-state index in [4.69, 9.17) is 0 Å². The Labute approximate surface area is 114 Å². The molecule has 0 spiro atoms. The predicted octanol–water partition coefficient (Wildman–Crippen LogP) is 0.446. The highest BCUT2D eigenvalue weighted by Gasteiger charge is 2.18. The molecule has 0 aromatic heterocycles. The van der Waals surface area contributed by atoms with E-state index >= 15 is 0 Å². The molecule has 0 aliphatic carbocycles. The topological polar surface area (TPSA) is 4.44 Å². The van der Waals surface area contributed by atoms with Gasteiger partial charge in [-0.05, 0) is 25.7 Å². The second-order valence-electron chi connectivity index (χ2n) is 6.18. The van der Waals surface area contributed by atoms with Crippen LogP contribution in [0.15, 0.2) is 0 Å². The van der Waals surface area contributed by atoms with Crippen LogP contribution in [-0.2, 0) is 0 Å². The molecule has 1 aliphatic rings. The molecule has 1 saturated heterocycles. The first-order chi connectivity index (χ1) is 8.33. The third kappa shape index (κ3) is 8.91. The van der Waals surface area contributed by atoms with E-state index < -0.39 is 0 Å². The van der Waals surface area contributed by atoms with Gasteiger partial charge in [0.25, 0.3) is 0 Å². The summed E-state index contributed by atoms with van der Waals surface area (Å²) in [7, 11) is 0. The van der Waals surface area contributed by atoms with E-state index in [1.807, 2.05) is 4.90 Å². The maximum absolute atomic E-state index is 2.42. The van der Waals surface area contributed by atoms with Gasteiger partial charge in [0.05, 0.1) is 19.6 Å². The minimum absolute atomic E-state index is 0. The molecule has 0 aromatic carbocycles. The van der Waals surface area contributed by atoms with Crippen LogP contribution in [0.4, 0.5) is 0 Å². The van der Waals surface area contributed by atoms with Gasteiger partial charge >= 0.3 is 0 Å². The number of quaternary nitrogens is 1. The molecule has 0 radical (unpaired) electrons. The lowest BCUT2D eigenvalue weighted by molar-refractivity contribution is -0.908. The van der Waals surface area contributed by atoms with Crippen LogP contribution >= 0.6 is 0 Å². The lowest BCUT2D eigenvalue weighted by Gasteiger charge is -2.27. The van der Waals surface area contributed by atoms with Crippen molar-refractivity contribution < 1.29 is 9.60 Å². The summed E-state index contributed by atoms with van der Waals surface area (Å²) in [4.78, 5) is 1.88. The fourth-order valence-electron chi connectivity index (χ4n) is 3.13. The van der Waals surface area contributed by atoms with Crippen LogP contribution in [-0.4, -0.2) is 19.6 Å². The summed E-state index contributed by atoms with van der Waals surface area (Å²) < 4.78 is 0. The molecule has 0 saturated carbocycles. The predicted molar refractivity (Wildman–Crippen MR) is 76.6 cm³/mol. The molecule has 1 nitrogen and oxygen atoms in total. The van der Waals surface area contributed by atoms with Gasteiger partial charge in [-0.25, -0.2) is 0 Å². The van der Waals surface area contributed by atoms with Gasteiger partial charge in [0, 0.05) is 5.92 Å². The van der Waals surface area contributed by atoms with Gasteiger partial charge in [0.2, 0.25) is 0 Å². The molecule has 1 heterocycles. The van der Waals surface area contributed by atoms with Crippen molar-refractivity contribution in [2.45, 2.75) is 78.1 Å². The largest absolute Gasteiger partial charge is 1.00 e. The standard InChI is InChI=1S/C16H33N.FH/c1-3-4-5-6-7-8-9-10-13-17-14-11-12-16(2)15-17;/h16H,3-15H2,1-2H3;1H. The molecule has 1 rings (SSSR count). The first-order valence-corrected chi connectivity index (χ1v) is 8.16. The summed E-state index contributed by atoms with van der Waals surface area (Å²) in [6.45, 7) is 9.05. The van der Waals surface area contributed by atoms with Crippen LogP contribution in [0, 0.1) is 5.92 Å². The second-order valence-corrected chi connectivity index (χ2v) is 6.18. The maximum Gasteiger partial charge on any atom is 0.0796 e. The number of unbranched alkanes of at least 4 members (excludes halogenated alkanes) is 7. The van der Waals surface area contributed by atoms with Crippen molar-refractivity contribution in [2.75, 3.05) is 19.6 Å². The van der Waals surface area contributed by atoms with Gasteiger partial charge in [0.15, 0.2) is 0 Å². The third-order valence-corrected chi connectivity index (χ3v) is 4.25. The summed E-state index contributed by atoms with van der Waals surface area (Å²) in [6, 6.07) is 0. The SMILES string of the molecule is CCCCCCCCCC[NH+]1CCCC(C)C1.[F-]. The fraction of sp³-hybridized carbons (Fsp3) is 1.00. The molecular weight excluding hydrogens is 225 g/mol. The van der Waals surface area contributed by atoms with Crippen LogP contribution < -0.4 is 9.60 Å². The highest BCUT2D eigenvalue weighted by molar-refractivity contribution is 4.55. The Hall–Kier alpha value is -0.110. The molecule has 18 heavy (non-hydrogen) atoms. The molecular formula is C16H34FN. The normalized spacial score (nSPS) is 23.7. The van der Waals surface area contributed by atoms with Crippen molar-refractivity contribution in [3.8, 4) is 0 Å². The average Bonchev–Trinajstić information content (AvgIpc) is 2.33. The van der Waals surface area contributed by atoms with Crippen molar-refractivity contribution >= 4 is 0 Å². The summed E-state index contributed by atoms with van der Waals surface area (Å²) in [6.07, 6.45) is 14.6. The van der Waals surface area contributed by atoms with Gasteiger partial charge in [-0.15, -0.1) is 0 Å². The zero-order valence-corrected chi connectivity index (χ0v) is 12.6. The Morgan fingerprint density at radius 1 is 0.944 bits per heavy atom. The minimum Gasteiger partial charge on any atom is -1.00 e. The lowest BCUT2D eigenvalue weighted by Crippen LogP contribution is -3.13. The second kappa shape index (κ2) is 12.0. The molecule has 1 aliphatic heterocycles. The summed E-state index contributed by atoms with van der Waals surface area (Å²) in [5.74, 6) is 0.979. The molecule has 0 amide bonds. The van der Waals surface area contributed by atoms with E-state index in [0.717, 1.165) is 5.92 Å². The molecule has 0 bridgehead atoms. The molecule has 1 fully saturated rings. The van der Waals surface area contributed by atoms with Gasteiger partial charge in [-0.1, -0.05) is 52.4 Å². The highest BCUT2D eigenvalue weighted by Crippen LogP contribution is 2.08. The Morgan fingerprint density at radius 2 is 1.56 bits per heavy atom. The van der Waals surface area contributed by atoms with Crippen LogP contribution in [0.2, 0.25) is 0 Å². The third-order valence-electron chi connectivity index (χ3n) is 4.25. The van der Waals surface area contributed by atoms with E-state index in [-0.39, 0.29) is 4.70 Å². The summed E-state index contributed by atoms with van der Waals surface area (Å²) >= 11 is 0. The number of likely N-dealkylation sites (tertiary alicyclic amines) is 1. The van der Waals surface area contributed by atoms with E-state index in [0.29, 0.717) is 0 Å². The Kier molecular flexibility index (Phi) is 11.9. The van der Waals surface area contributed by atoms with Gasteiger partial charge in [-0.2, -0.15) is 0 Å². The monoisotopic (exact) mass is 259 g/mol. The quantitative estimate of drug-likeness (QED) is 0.573. The number of rotatable bonds is 9. The van der Waals surface area contributed by atoms with Crippen LogP contribution in [0.1, 0.15) is 78.1 Å². The van der Waals surface area contributed by atoms with Gasteiger partial charge < -0.3 is 9.60 Å². The van der Waals surface area contributed by atoms with Crippen molar-refractivity contribution in [3.05, 3.63) is 0 Å². The zero-order valence-electron chi connectivity index (χ0n) is 12.6. The number of hydrogen-bond acceptors (Lipinski definition) is 0. The Balaban J connectivity index is 0.00000289. The summed E-state index contributed by atoms with van der Waals surface area (Å²) in [5.41, 5.74) is 0. The molecule has 1 N–H and O–H groups in total. The van der Waals surface area contributed by atoms with Crippen LogP contribution in [0.25, 0.3) is 0 Å². The number of nitrogens with one attached hydrogen (secondary N) is 1. The molecule has 2 unspecified atom stereocenters. The minimum atomic E-state index is 0. The highest BCUT2D eigenvalue weighted by atomic mass is 19.0. The first-order valence-electron chi connectivity index (χ1n) is 8.16. The average molecular weight is 259 g/mol. The van der Waals surface area contributed by atoms with E-state index in [2.05, 4.69) is 13.8 Å². The smallest absolute Gasteiger partial charge is 0.0796 e. The molecule has 2 atom stereocenters. The maximum atomic E-state index is 2.42. The van der Waals surface area contributed by atoms with Gasteiger partial charge in [0.1, 0.15) is 0 Å². The summed E-state index contributed by atoms with van der Waals surface area (Å²) in [5, 5.41) is 0. The van der Waals surface area contributed by atoms with Gasteiger partial charge in [-0.3, -0.25) is 0 Å². The van der Waals surface area contributed by atoms with Crippen molar-refractivity contribution in [1.82, 2.24) is 0 Å².